The molecule has 3 rings (SSSR count). The van der Waals surface area contributed by atoms with Gasteiger partial charge in [-0.05, 0) is 50.6 Å². The summed E-state index contributed by atoms with van der Waals surface area (Å²) in [4.78, 5) is 2.30. The lowest BCUT2D eigenvalue weighted by atomic mass is 10.1. The molecule has 0 aliphatic rings. The molecule has 1 heterocycles. The van der Waals surface area contributed by atoms with Gasteiger partial charge in [0, 0.05) is 13.1 Å². The van der Waals surface area contributed by atoms with Gasteiger partial charge in [0.2, 0.25) is 5.88 Å². The minimum Gasteiger partial charge on any atom is -0.493 e. The molecule has 33 heavy (non-hydrogen) atoms. The van der Waals surface area contributed by atoms with Gasteiger partial charge in [-0.1, -0.05) is 57.0 Å². The third-order valence-electron chi connectivity index (χ3n) is 5.70. The van der Waals surface area contributed by atoms with Gasteiger partial charge >= 0.3 is 0 Å². The van der Waals surface area contributed by atoms with Crippen LogP contribution in [0.5, 0.6) is 17.4 Å². The van der Waals surface area contributed by atoms with Crippen molar-refractivity contribution in [1.29, 1.82) is 0 Å². The summed E-state index contributed by atoms with van der Waals surface area (Å²) >= 11 is 0. The molecular formula is C27H37N3O3. The van der Waals surface area contributed by atoms with Crippen molar-refractivity contribution in [2.24, 2.45) is 0 Å². The van der Waals surface area contributed by atoms with E-state index in [0.717, 1.165) is 49.2 Å². The van der Waals surface area contributed by atoms with Gasteiger partial charge in [-0.2, -0.15) is 5.10 Å². The summed E-state index contributed by atoms with van der Waals surface area (Å²) in [6.07, 6.45) is 3.62. The van der Waals surface area contributed by atoms with Gasteiger partial charge in [0.25, 0.3) is 0 Å². The average Bonchev–Trinajstić information content (AvgIpc) is 3.13. The van der Waals surface area contributed by atoms with Crippen LogP contribution in [0.15, 0.2) is 54.6 Å². The second-order valence-corrected chi connectivity index (χ2v) is 8.40. The maximum absolute atomic E-state index is 10.6. The lowest BCUT2D eigenvalue weighted by molar-refractivity contribution is 0.0990. The topological polar surface area (TPSA) is 59.8 Å². The molecule has 2 aromatic carbocycles. The first-order valence-corrected chi connectivity index (χ1v) is 11.9. The van der Waals surface area contributed by atoms with Gasteiger partial charge < -0.3 is 14.6 Å². The number of aromatic nitrogens is 2. The third kappa shape index (κ3) is 6.59. The Morgan fingerprint density at radius 1 is 1.00 bits per heavy atom. The maximum atomic E-state index is 10.6. The van der Waals surface area contributed by atoms with Crippen molar-refractivity contribution in [1.82, 2.24) is 14.7 Å². The molecule has 0 saturated carbocycles. The fourth-order valence-corrected chi connectivity index (χ4v) is 3.98. The van der Waals surface area contributed by atoms with Crippen molar-refractivity contribution in [2.45, 2.75) is 59.1 Å². The van der Waals surface area contributed by atoms with Crippen LogP contribution in [-0.4, -0.2) is 46.1 Å². The monoisotopic (exact) mass is 451 g/mol. The lowest BCUT2D eigenvalue weighted by Gasteiger charge is -2.25. The number of methoxy groups -OCH3 is 1. The number of aliphatic hydroxyl groups excluding tert-OH is 1. The number of nitrogens with zero attached hydrogens (tertiary/aromatic N) is 3. The van der Waals surface area contributed by atoms with Gasteiger partial charge in [0.1, 0.15) is 0 Å². The SMILES string of the molecule is CCCC[C@H](O)CN(CCC)Cc1c(C)nn(-c2ccccc2)c1Oc1ccccc1OC. The summed E-state index contributed by atoms with van der Waals surface area (Å²) in [6.45, 7) is 8.52. The number of ether oxygens (including phenoxy) is 2. The molecule has 1 aromatic heterocycles. The Morgan fingerprint density at radius 3 is 2.36 bits per heavy atom. The van der Waals surface area contributed by atoms with E-state index in [9.17, 15) is 5.11 Å². The Bertz CT molecular complexity index is 988. The number of hydrogen-bond acceptors (Lipinski definition) is 5. The van der Waals surface area contributed by atoms with E-state index >= 15 is 0 Å². The molecule has 6 heteroatoms. The second-order valence-electron chi connectivity index (χ2n) is 8.40. The summed E-state index contributed by atoms with van der Waals surface area (Å²) < 4.78 is 13.9. The Labute approximate surface area is 197 Å². The second kappa shape index (κ2) is 12.4. The van der Waals surface area contributed by atoms with Crippen LogP contribution in [0.25, 0.3) is 5.69 Å². The van der Waals surface area contributed by atoms with Gasteiger partial charge in [0.05, 0.1) is 30.2 Å². The molecular weight excluding hydrogens is 414 g/mol. The normalized spacial score (nSPS) is 12.2. The number of aryl methyl sites for hydroxylation is 1. The molecule has 0 unspecified atom stereocenters. The van der Waals surface area contributed by atoms with E-state index in [1.54, 1.807) is 7.11 Å². The number of benzene rings is 2. The quantitative estimate of drug-likeness (QED) is 0.359. The van der Waals surface area contributed by atoms with Crippen molar-refractivity contribution in [3.05, 3.63) is 65.9 Å². The summed E-state index contributed by atoms with van der Waals surface area (Å²) in [5.74, 6) is 1.98. The first-order chi connectivity index (χ1) is 16.1. The molecule has 0 aliphatic carbocycles. The highest BCUT2D eigenvalue weighted by molar-refractivity contribution is 5.47. The van der Waals surface area contributed by atoms with E-state index in [0.29, 0.717) is 30.5 Å². The van der Waals surface area contributed by atoms with Crippen LogP contribution < -0.4 is 9.47 Å². The zero-order chi connectivity index (χ0) is 23.6. The highest BCUT2D eigenvalue weighted by Crippen LogP contribution is 2.36. The van der Waals surface area contributed by atoms with Crippen LogP contribution in [0.3, 0.4) is 0 Å². The molecule has 0 amide bonds. The molecule has 6 nitrogen and oxygen atoms in total. The molecule has 178 valence electrons. The zero-order valence-electron chi connectivity index (χ0n) is 20.3. The molecule has 0 fully saturated rings. The molecule has 0 aliphatic heterocycles. The van der Waals surface area contributed by atoms with Crippen molar-refractivity contribution < 1.29 is 14.6 Å². The minimum absolute atomic E-state index is 0.334. The summed E-state index contributed by atoms with van der Waals surface area (Å²) in [5.41, 5.74) is 2.86. The smallest absolute Gasteiger partial charge is 0.227 e. The molecule has 0 saturated heterocycles. The standard InChI is InChI=1S/C27H37N3O3/c1-5-7-15-23(31)19-29(18-6-2)20-24-21(3)28-30(22-13-9-8-10-14-22)27(24)33-26-17-12-11-16-25(26)32-4/h8-14,16-17,23,31H,5-7,15,18-20H2,1-4H3/t23-/m0/s1. The predicted molar refractivity (Wildman–Crippen MR) is 132 cm³/mol. The van der Waals surface area contributed by atoms with Gasteiger partial charge in [-0.15, -0.1) is 0 Å². The predicted octanol–water partition coefficient (Wildman–Crippen LogP) is 5.74. The van der Waals surface area contributed by atoms with E-state index in [-0.39, 0.29) is 6.10 Å². The van der Waals surface area contributed by atoms with E-state index in [4.69, 9.17) is 14.6 Å². The fourth-order valence-electron chi connectivity index (χ4n) is 3.98. The first-order valence-electron chi connectivity index (χ1n) is 11.9. The average molecular weight is 452 g/mol. The van der Waals surface area contributed by atoms with Crippen molar-refractivity contribution in [3.8, 4) is 23.1 Å². The van der Waals surface area contributed by atoms with Crippen LogP contribution in [0, 0.1) is 6.92 Å². The molecule has 0 spiro atoms. The van der Waals surface area contributed by atoms with E-state index in [2.05, 4.69) is 18.7 Å². The summed E-state index contributed by atoms with van der Waals surface area (Å²) in [6, 6.07) is 17.7. The van der Waals surface area contributed by atoms with Crippen LogP contribution in [0.2, 0.25) is 0 Å². The Morgan fingerprint density at radius 2 is 1.70 bits per heavy atom. The third-order valence-corrected chi connectivity index (χ3v) is 5.70. The number of unbranched alkanes of at least 4 members (excludes halogenated alkanes) is 1. The minimum atomic E-state index is -0.334. The van der Waals surface area contributed by atoms with Gasteiger partial charge in [-0.3, -0.25) is 4.90 Å². The first kappa shape index (κ1) is 24.8. The fraction of sp³-hybridized carbons (Fsp3) is 0.444. The highest BCUT2D eigenvalue weighted by atomic mass is 16.5. The molecule has 0 bridgehead atoms. The van der Waals surface area contributed by atoms with E-state index in [1.165, 1.54) is 0 Å². The Hall–Kier alpha value is -2.83. The van der Waals surface area contributed by atoms with E-state index in [1.807, 2.05) is 66.2 Å². The van der Waals surface area contributed by atoms with Gasteiger partial charge in [-0.25, -0.2) is 4.68 Å². The largest absolute Gasteiger partial charge is 0.493 e. The van der Waals surface area contributed by atoms with Crippen LogP contribution >= 0.6 is 0 Å². The molecule has 1 atom stereocenters. The molecule has 0 radical (unpaired) electrons. The molecule has 3 aromatic rings. The Kier molecular flexibility index (Phi) is 9.34. The number of para-hydroxylation sites is 3. The Balaban J connectivity index is 1.98. The van der Waals surface area contributed by atoms with Crippen LogP contribution in [0.1, 0.15) is 50.8 Å². The van der Waals surface area contributed by atoms with Crippen LogP contribution in [-0.2, 0) is 6.54 Å². The van der Waals surface area contributed by atoms with Crippen molar-refractivity contribution in [2.75, 3.05) is 20.2 Å². The summed E-state index contributed by atoms with van der Waals surface area (Å²) in [7, 11) is 1.64. The van der Waals surface area contributed by atoms with Crippen molar-refractivity contribution >= 4 is 0 Å². The number of rotatable bonds is 13. The highest BCUT2D eigenvalue weighted by Gasteiger charge is 2.23. The van der Waals surface area contributed by atoms with Crippen LogP contribution in [0.4, 0.5) is 0 Å². The number of hydrogen-bond donors (Lipinski definition) is 1. The lowest BCUT2D eigenvalue weighted by Crippen LogP contribution is -2.33. The molecule has 1 N–H and O–H groups in total. The maximum Gasteiger partial charge on any atom is 0.227 e. The zero-order valence-corrected chi connectivity index (χ0v) is 20.3. The number of aliphatic hydroxyl groups is 1. The van der Waals surface area contributed by atoms with Crippen molar-refractivity contribution in [3.63, 3.8) is 0 Å². The summed E-state index contributed by atoms with van der Waals surface area (Å²) in [5, 5.41) is 15.4. The van der Waals surface area contributed by atoms with E-state index < -0.39 is 0 Å². The van der Waals surface area contributed by atoms with Gasteiger partial charge in [0.15, 0.2) is 11.5 Å².